The number of hydrogen-bond donors (Lipinski definition) is 1. The Morgan fingerprint density at radius 3 is 2.73 bits per heavy atom. The normalized spacial score (nSPS) is 15.8. The predicted octanol–water partition coefficient (Wildman–Crippen LogP) is 3.37. The molecule has 0 unspecified atom stereocenters. The molecule has 0 aliphatic carbocycles. The molecule has 3 rings (SSSR count). The summed E-state index contributed by atoms with van der Waals surface area (Å²) >= 11 is 0. The Morgan fingerprint density at radius 1 is 1.27 bits per heavy atom. The van der Waals surface area contributed by atoms with E-state index in [9.17, 15) is 13.2 Å². The first kappa shape index (κ1) is 18.5. The van der Waals surface area contributed by atoms with Gasteiger partial charge in [-0.1, -0.05) is 17.3 Å². The number of nitrogens with one attached hydrogen (secondary N) is 1. The van der Waals surface area contributed by atoms with Crippen LogP contribution in [-0.2, 0) is 13.0 Å². The Kier molecular flexibility index (Phi) is 5.63. The molecule has 8 heteroatoms. The molecule has 1 aromatic carbocycles. The second-order valence-electron chi connectivity index (χ2n) is 6.08. The number of alkyl halides is 3. The van der Waals surface area contributed by atoms with Crippen molar-refractivity contribution in [2.75, 3.05) is 26.2 Å². The van der Waals surface area contributed by atoms with Crippen molar-refractivity contribution >= 4 is 0 Å². The van der Waals surface area contributed by atoms with Gasteiger partial charge >= 0.3 is 6.36 Å². The van der Waals surface area contributed by atoms with Crippen LogP contribution in [0.1, 0.15) is 11.3 Å². The molecule has 26 heavy (non-hydrogen) atoms. The summed E-state index contributed by atoms with van der Waals surface area (Å²) in [5.74, 6) is 0.307. The molecule has 140 valence electrons. The van der Waals surface area contributed by atoms with Gasteiger partial charge in [-0.15, -0.1) is 19.8 Å². The molecule has 0 radical (unpaired) electrons. The minimum Gasteiger partial charge on any atom is -0.405 e. The molecule has 0 atom stereocenters. The van der Waals surface area contributed by atoms with E-state index in [-0.39, 0.29) is 11.3 Å². The molecular weight excluding hydrogens is 347 g/mol. The molecule has 1 aliphatic rings. The molecule has 2 heterocycles. The first-order chi connectivity index (χ1) is 12.4. The molecule has 0 spiro atoms. The Labute approximate surface area is 149 Å². The van der Waals surface area contributed by atoms with E-state index >= 15 is 0 Å². The smallest absolute Gasteiger partial charge is 0.405 e. The number of piperazine rings is 1. The average Bonchev–Trinajstić information content (AvgIpc) is 3.04. The van der Waals surface area contributed by atoms with Gasteiger partial charge in [-0.25, -0.2) is 0 Å². The van der Waals surface area contributed by atoms with Crippen LogP contribution in [-0.4, -0.2) is 42.6 Å². The molecule has 0 saturated carbocycles. The van der Waals surface area contributed by atoms with Crippen molar-refractivity contribution in [3.05, 3.63) is 48.2 Å². The highest BCUT2D eigenvalue weighted by Gasteiger charge is 2.32. The molecule has 1 aliphatic heterocycles. The molecule has 0 bridgehead atoms. The molecule has 1 fully saturated rings. The summed E-state index contributed by atoms with van der Waals surface area (Å²) in [5, 5.41) is 7.21. The maximum Gasteiger partial charge on any atom is 0.573 e. The fourth-order valence-corrected chi connectivity index (χ4v) is 2.89. The van der Waals surface area contributed by atoms with E-state index in [1.54, 1.807) is 24.3 Å². The average molecular weight is 367 g/mol. The largest absolute Gasteiger partial charge is 0.573 e. The lowest BCUT2D eigenvalue weighted by Crippen LogP contribution is -2.42. The highest BCUT2D eigenvalue weighted by atomic mass is 19.4. The zero-order chi connectivity index (χ0) is 18.6. The van der Waals surface area contributed by atoms with E-state index in [0.29, 0.717) is 24.4 Å². The predicted molar refractivity (Wildman–Crippen MR) is 90.7 cm³/mol. The molecule has 5 nitrogen and oxygen atoms in total. The van der Waals surface area contributed by atoms with Gasteiger partial charge in [-0.3, -0.25) is 4.90 Å². The summed E-state index contributed by atoms with van der Waals surface area (Å²) < 4.78 is 47.6. The third-order valence-electron chi connectivity index (χ3n) is 4.07. The summed E-state index contributed by atoms with van der Waals surface area (Å²) in [6.45, 7) is 7.78. The van der Waals surface area contributed by atoms with Crippen molar-refractivity contribution in [2.24, 2.45) is 0 Å². The number of rotatable bonds is 6. The maximum atomic E-state index is 12.7. The van der Waals surface area contributed by atoms with E-state index in [4.69, 9.17) is 4.52 Å². The first-order valence-electron chi connectivity index (χ1n) is 8.33. The van der Waals surface area contributed by atoms with Crippen LogP contribution in [0.25, 0.3) is 11.3 Å². The van der Waals surface area contributed by atoms with E-state index in [0.717, 1.165) is 31.7 Å². The standard InChI is InChI=1S/C18H20F3N3O2/c1-2-3-13-4-5-17(25-18(19,20)21)15(10-13)16-11-14(26-23-16)12-24-8-6-22-7-9-24/h2,4-5,10-11,22H,1,3,6-9,12H2. The van der Waals surface area contributed by atoms with Crippen LogP contribution >= 0.6 is 0 Å². The number of benzene rings is 1. The van der Waals surface area contributed by atoms with Gasteiger partial charge in [0.15, 0.2) is 5.76 Å². The Bertz CT molecular complexity index is 752. The summed E-state index contributed by atoms with van der Waals surface area (Å²) in [4.78, 5) is 2.20. The number of aromatic nitrogens is 1. The Hall–Kier alpha value is -2.32. The number of nitrogens with zero attached hydrogens (tertiary/aromatic N) is 2. The summed E-state index contributed by atoms with van der Waals surface area (Å²) in [6.07, 6.45) is -2.56. The zero-order valence-electron chi connectivity index (χ0n) is 14.2. The highest BCUT2D eigenvalue weighted by molar-refractivity contribution is 5.68. The van der Waals surface area contributed by atoms with Crippen LogP contribution in [0.3, 0.4) is 0 Å². The summed E-state index contributed by atoms with van der Waals surface area (Å²) in [7, 11) is 0. The van der Waals surface area contributed by atoms with Gasteiger partial charge in [0.1, 0.15) is 11.4 Å². The molecule has 2 aromatic rings. The van der Waals surface area contributed by atoms with Crippen LogP contribution in [0.5, 0.6) is 5.75 Å². The van der Waals surface area contributed by atoms with Gasteiger partial charge in [0.05, 0.1) is 6.54 Å². The third-order valence-corrected chi connectivity index (χ3v) is 4.07. The second-order valence-corrected chi connectivity index (χ2v) is 6.08. The van der Waals surface area contributed by atoms with Gasteiger partial charge < -0.3 is 14.6 Å². The second kappa shape index (κ2) is 7.92. The number of halogens is 3. The third kappa shape index (κ3) is 4.86. The number of hydrogen-bond acceptors (Lipinski definition) is 5. The first-order valence-corrected chi connectivity index (χ1v) is 8.33. The van der Waals surface area contributed by atoms with E-state index in [2.05, 4.69) is 26.7 Å². The minimum atomic E-state index is -4.78. The van der Waals surface area contributed by atoms with Gasteiger partial charge in [-0.05, 0) is 24.1 Å². The Morgan fingerprint density at radius 2 is 2.04 bits per heavy atom. The topological polar surface area (TPSA) is 50.5 Å². The van der Waals surface area contributed by atoms with Gasteiger partial charge in [0.2, 0.25) is 0 Å². The SMILES string of the molecule is C=CCc1ccc(OC(F)(F)F)c(-c2cc(CN3CCNCC3)on2)c1. The molecule has 0 amide bonds. The van der Waals surface area contributed by atoms with Crippen LogP contribution in [0.15, 0.2) is 41.4 Å². The number of ether oxygens (including phenoxy) is 1. The lowest BCUT2D eigenvalue weighted by molar-refractivity contribution is -0.274. The van der Waals surface area contributed by atoms with Crippen LogP contribution in [0.2, 0.25) is 0 Å². The van der Waals surface area contributed by atoms with Crippen molar-refractivity contribution in [3.8, 4) is 17.0 Å². The van der Waals surface area contributed by atoms with Gasteiger partial charge in [-0.2, -0.15) is 0 Å². The molecule has 1 saturated heterocycles. The maximum absolute atomic E-state index is 12.7. The zero-order valence-corrected chi connectivity index (χ0v) is 14.2. The fraction of sp³-hybridized carbons (Fsp3) is 0.389. The molecule has 1 N–H and O–H groups in total. The molecule has 1 aromatic heterocycles. The minimum absolute atomic E-state index is 0.247. The van der Waals surface area contributed by atoms with Crippen molar-refractivity contribution in [3.63, 3.8) is 0 Å². The van der Waals surface area contributed by atoms with E-state index < -0.39 is 6.36 Å². The van der Waals surface area contributed by atoms with Gasteiger partial charge in [0, 0.05) is 37.8 Å². The van der Waals surface area contributed by atoms with Crippen molar-refractivity contribution in [1.82, 2.24) is 15.4 Å². The summed E-state index contributed by atoms with van der Waals surface area (Å²) in [5.41, 5.74) is 1.38. The van der Waals surface area contributed by atoms with Crippen LogP contribution in [0.4, 0.5) is 13.2 Å². The van der Waals surface area contributed by atoms with Crippen molar-refractivity contribution in [2.45, 2.75) is 19.3 Å². The van der Waals surface area contributed by atoms with Crippen molar-refractivity contribution < 1.29 is 22.4 Å². The molecular formula is C18H20F3N3O2. The van der Waals surface area contributed by atoms with E-state index in [1.165, 1.54) is 6.07 Å². The summed E-state index contributed by atoms with van der Waals surface area (Å²) in [6, 6.07) is 6.16. The van der Waals surface area contributed by atoms with Crippen LogP contribution < -0.4 is 10.1 Å². The lowest BCUT2D eigenvalue weighted by Gasteiger charge is -2.25. The monoisotopic (exact) mass is 367 g/mol. The lowest BCUT2D eigenvalue weighted by atomic mass is 10.0. The Balaban J connectivity index is 1.86. The quantitative estimate of drug-likeness (QED) is 0.794. The van der Waals surface area contributed by atoms with Crippen molar-refractivity contribution in [1.29, 1.82) is 0 Å². The fourth-order valence-electron chi connectivity index (χ4n) is 2.89. The number of allylic oxidation sites excluding steroid dienone is 1. The van der Waals surface area contributed by atoms with Gasteiger partial charge in [0.25, 0.3) is 0 Å². The van der Waals surface area contributed by atoms with Crippen LogP contribution in [0, 0.1) is 0 Å². The highest BCUT2D eigenvalue weighted by Crippen LogP contribution is 2.34. The van der Waals surface area contributed by atoms with E-state index in [1.807, 2.05) is 0 Å².